The molecule has 3 heteroatoms. The number of benzene rings is 1. The topological polar surface area (TPSA) is 49.7 Å². The number of aryl methyl sites for hydroxylation is 1. The lowest BCUT2D eigenvalue weighted by Crippen LogP contribution is -2.12. The quantitative estimate of drug-likeness (QED) is 0.742. The zero-order valence-corrected chi connectivity index (χ0v) is 9.02. The highest BCUT2D eigenvalue weighted by Crippen LogP contribution is 2.20. The molecule has 0 saturated heterocycles. The van der Waals surface area contributed by atoms with Crippen molar-refractivity contribution in [2.24, 2.45) is 5.92 Å². The average Bonchev–Trinajstić information content (AvgIpc) is 2.31. The molecule has 1 aromatic carbocycles. The van der Waals surface area contributed by atoms with Gasteiger partial charge in [-0.25, -0.2) is 0 Å². The summed E-state index contributed by atoms with van der Waals surface area (Å²) < 4.78 is 5.22. The van der Waals surface area contributed by atoms with Crippen LogP contribution in [0.2, 0.25) is 0 Å². The second-order valence-corrected chi connectivity index (χ2v) is 3.58. The van der Waals surface area contributed by atoms with Crippen LogP contribution in [0, 0.1) is 5.92 Å². The third kappa shape index (κ3) is 3.53. The maximum absolute atomic E-state index is 8.94. The fourth-order valence-corrected chi connectivity index (χ4v) is 1.51. The Hall–Kier alpha value is -1.06. The summed E-state index contributed by atoms with van der Waals surface area (Å²) in [5, 5.41) is 17.9. The highest BCUT2D eigenvalue weighted by molar-refractivity contribution is 5.33. The first kappa shape index (κ1) is 12.0. The van der Waals surface area contributed by atoms with Gasteiger partial charge in [-0.15, -0.1) is 0 Å². The highest BCUT2D eigenvalue weighted by Gasteiger charge is 2.08. The van der Waals surface area contributed by atoms with Crippen LogP contribution in [0.5, 0.6) is 5.75 Å². The van der Waals surface area contributed by atoms with E-state index in [0.29, 0.717) is 0 Å². The molecular formula is C12H18O3. The predicted molar refractivity (Wildman–Crippen MR) is 59.0 cm³/mol. The van der Waals surface area contributed by atoms with Gasteiger partial charge in [-0.3, -0.25) is 0 Å². The minimum Gasteiger partial charge on any atom is -0.496 e. The fourth-order valence-electron chi connectivity index (χ4n) is 1.51. The maximum Gasteiger partial charge on any atom is 0.122 e. The Bertz CT molecular complexity index is 282. The lowest BCUT2D eigenvalue weighted by molar-refractivity contribution is 0.144. The molecule has 0 bridgehead atoms. The van der Waals surface area contributed by atoms with Crippen LogP contribution in [0.25, 0.3) is 0 Å². The lowest BCUT2D eigenvalue weighted by Gasteiger charge is -2.12. The second kappa shape index (κ2) is 6.43. The molecule has 3 nitrogen and oxygen atoms in total. The number of hydrogen-bond acceptors (Lipinski definition) is 3. The van der Waals surface area contributed by atoms with E-state index < -0.39 is 0 Å². The lowest BCUT2D eigenvalue weighted by atomic mass is 10.0. The van der Waals surface area contributed by atoms with E-state index >= 15 is 0 Å². The van der Waals surface area contributed by atoms with E-state index in [4.69, 9.17) is 14.9 Å². The highest BCUT2D eigenvalue weighted by atomic mass is 16.5. The summed E-state index contributed by atoms with van der Waals surface area (Å²) in [7, 11) is 1.65. The largest absolute Gasteiger partial charge is 0.496 e. The monoisotopic (exact) mass is 210 g/mol. The summed E-state index contributed by atoms with van der Waals surface area (Å²) in [4.78, 5) is 0. The van der Waals surface area contributed by atoms with E-state index in [1.165, 1.54) is 0 Å². The van der Waals surface area contributed by atoms with Crippen LogP contribution in [0.3, 0.4) is 0 Å². The van der Waals surface area contributed by atoms with Crippen molar-refractivity contribution in [1.29, 1.82) is 0 Å². The van der Waals surface area contributed by atoms with Gasteiger partial charge in [0.25, 0.3) is 0 Å². The third-order valence-electron chi connectivity index (χ3n) is 2.53. The van der Waals surface area contributed by atoms with E-state index in [1.807, 2.05) is 24.3 Å². The molecule has 15 heavy (non-hydrogen) atoms. The number of methoxy groups -OCH3 is 1. The fraction of sp³-hybridized carbons (Fsp3) is 0.500. The standard InChI is InChI=1S/C12H18O3/c1-15-12-5-3-2-4-11(12)7-6-10(8-13)9-14/h2-5,10,13-14H,6-9H2,1H3. The molecule has 0 spiro atoms. The Labute approximate surface area is 90.3 Å². The number of rotatable bonds is 6. The van der Waals surface area contributed by atoms with Gasteiger partial charge in [-0.1, -0.05) is 18.2 Å². The molecule has 0 aliphatic rings. The summed E-state index contributed by atoms with van der Waals surface area (Å²) in [6.45, 7) is 0.0668. The van der Waals surface area contributed by atoms with E-state index in [9.17, 15) is 0 Å². The molecular weight excluding hydrogens is 192 g/mol. The number of aliphatic hydroxyl groups is 2. The molecule has 0 radical (unpaired) electrons. The molecule has 0 amide bonds. The van der Waals surface area contributed by atoms with Crippen molar-refractivity contribution in [2.75, 3.05) is 20.3 Å². The van der Waals surface area contributed by atoms with Gasteiger partial charge < -0.3 is 14.9 Å². The van der Waals surface area contributed by atoms with Crippen LogP contribution in [0.15, 0.2) is 24.3 Å². The Morgan fingerprint density at radius 3 is 2.47 bits per heavy atom. The first-order valence-corrected chi connectivity index (χ1v) is 5.15. The van der Waals surface area contributed by atoms with Gasteiger partial charge in [0.05, 0.1) is 7.11 Å². The number of hydrogen-bond donors (Lipinski definition) is 2. The average molecular weight is 210 g/mol. The molecule has 84 valence electrons. The van der Waals surface area contributed by atoms with Crippen molar-refractivity contribution in [3.8, 4) is 5.75 Å². The van der Waals surface area contributed by atoms with Crippen LogP contribution in [-0.4, -0.2) is 30.5 Å². The zero-order chi connectivity index (χ0) is 11.1. The smallest absolute Gasteiger partial charge is 0.122 e. The van der Waals surface area contributed by atoms with E-state index in [-0.39, 0.29) is 19.1 Å². The molecule has 0 aliphatic heterocycles. The van der Waals surface area contributed by atoms with Crippen LogP contribution >= 0.6 is 0 Å². The third-order valence-corrected chi connectivity index (χ3v) is 2.53. The summed E-state index contributed by atoms with van der Waals surface area (Å²) in [5.41, 5.74) is 1.12. The van der Waals surface area contributed by atoms with Crippen molar-refractivity contribution in [3.63, 3.8) is 0 Å². The second-order valence-electron chi connectivity index (χ2n) is 3.58. The molecule has 0 aliphatic carbocycles. The SMILES string of the molecule is COc1ccccc1CCC(CO)CO. The minimum atomic E-state index is -0.0325. The molecule has 2 N–H and O–H groups in total. The van der Waals surface area contributed by atoms with Gasteiger partial charge in [0, 0.05) is 19.1 Å². The normalized spacial score (nSPS) is 10.7. The molecule has 1 aromatic rings. The van der Waals surface area contributed by atoms with Gasteiger partial charge in [0.1, 0.15) is 5.75 Å². The van der Waals surface area contributed by atoms with Crippen LogP contribution in [0.1, 0.15) is 12.0 Å². The molecule has 0 heterocycles. The predicted octanol–water partition coefficient (Wildman–Crippen LogP) is 1.23. The van der Waals surface area contributed by atoms with E-state index in [2.05, 4.69) is 0 Å². The van der Waals surface area contributed by atoms with Crippen molar-refractivity contribution in [2.45, 2.75) is 12.8 Å². The van der Waals surface area contributed by atoms with Crippen molar-refractivity contribution in [1.82, 2.24) is 0 Å². The number of para-hydroxylation sites is 1. The van der Waals surface area contributed by atoms with Crippen molar-refractivity contribution >= 4 is 0 Å². The van der Waals surface area contributed by atoms with Crippen LogP contribution in [-0.2, 0) is 6.42 Å². The van der Waals surface area contributed by atoms with Gasteiger partial charge in [-0.2, -0.15) is 0 Å². The minimum absolute atomic E-state index is 0.0325. The van der Waals surface area contributed by atoms with Crippen LogP contribution < -0.4 is 4.74 Å². The van der Waals surface area contributed by atoms with Crippen molar-refractivity contribution in [3.05, 3.63) is 29.8 Å². The van der Waals surface area contributed by atoms with Gasteiger partial charge in [0.15, 0.2) is 0 Å². The van der Waals surface area contributed by atoms with E-state index in [1.54, 1.807) is 7.11 Å². The first-order valence-electron chi connectivity index (χ1n) is 5.15. The summed E-state index contributed by atoms with van der Waals surface area (Å²) in [5.74, 6) is 0.835. The first-order chi connectivity index (χ1) is 7.31. The zero-order valence-electron chi connectivity index (χ0n) is 9.02. The summed E-state index contributed by atoms with van der Waals surface area (Å²) >= 11 is 0. The molecule has 0 atom stereocenters. The molecule has 1 rings (SSSR count). The number of aliphatic hydroxyl groups excluding tert-OH is 2. The summed E-state index contributed by atoms with van der Waals surface area (Å²) in [6.07, 6.45) is 1.59. The molecule has 0 aromatic heterocycles. The Kier molecular flexibility index (Phi) is 5.15. The Morgan fingerprint density at radius 1 is 1.20 bits per heavy atom. The molecule has 0 saturated carbocycles. The van der Waals surface area contributed by atoms with Crippen molar-refractivity contribution < 1.29 is 14.9 Å². The number of ether oxygens (including phenoxy) is 1. The molecule has 0 fully saturated rings. The maximum atomic E-state index is 8.94. The summed E-state index contributed by atoms with van der Waals surface area (Å²) in [6, 6.07) is 7.82. The van der Waals surface area contributed by atoms with Gasteiger partial charge in [-0.05, 0) is 24.5 Å². The van der Waals surface area contributed by atoms with Gasteiger partial charge >= 0.3 is 0 Å². The Morgan fingerprint density at radius 2 is 1.87 bits per heavy atom. The van der Waals surface area contributed by atoms with Gasteiger partial charge in [0.2, 0.25) is 0 Å². The van der Waals surface area contributed by atoms with E-state index in [0.717, 1.165) is 24.2 Å². The van der Waals surface area contributed by atoms with Crippen LogP contribution in [0.4, 0.5) is 0 Å². The Balaban J connectivity index is 2.56. The molecule has 0 unspecified atom stereocenters.